The zero-order valence-corrected chi connectivity index (χ0v) is 12.3. The summed E-state index contributed by atoms with van der Waals surface area (Å²) in [6.45, 7) is 2.23. The molecule has 1 fully saturated rings. The average Bonchev–Trinajstić information content (AvgIpc) is 2.63. The van der Waals surface area contributed by atoms with E-state index in [9.17, 15) is 0 Å². The largest absolute Gasteiger partial charge is 0.199 e. The van der Waals surface area contributed by atoms with Gasteiger partial charge in [-0.1, -0.05) is 43.5 Å². The number of hydroxylamine groups is 3. The van der Waals surface area contributed by atoms with Gasteiger partial charge in [-0.3, -0.25) is 0 Å². The molecule has 0 spiro atoms. The van der Waals surface area contributed by atoms with Gasteiger partial charge in [0.15, 0.2) is 0 Å². The lowest BCUT2D eigenvalue weighted by molar-refractivity contribution is -1.09. The molecule has 1 aromatic rings. The minimum absolute atomic E-state index is 0.389. The molecule has 0 N–H and O–H groups in total. The zero-order valence-electron chi connectivity index (χ0n) is 11.5. The Bertz CT molecular complexity index is 388. The topological polar surface area (TPSA) is 9.23 Å². The number of hydrogen-bond acceptors (Lipinski definition) is 1. The van der Waals surface area contributed by atoms with E-state index >= 15 is 0 Å². The third-order valence-electron chi connectivity index (χ3n) is 3.79. The van der Waals surface area contributed by atoms with Crippen LogP contribution in [0, 0.1) is 0 Å². The van der Waals surface area contributed by atoms with Gasteiger partial charge in [-0.2, -0.15) is 9.48 Å². The summed E-state index contributed by atoms with van der Waals surface area (Å²) in [5.41, 5.74) is 1.32. The molecule has 0 saturated carbocycles. The second-order valence-electron chi connectivity index (χ2n) is 5.61. The van der Waals surface area contributed by atoms with Crippen molar-refractivity contribution in [2.24, 2.45) is 0 Å². The summed E-state index contributed by atoms with van der Waals surface area (Å²) in [6, 6.07) is 8.60. The molecule has 2 unspecified atom stereocenters. The summed E-state index contributed by atoms with van der Waals surface area (Å²) in [6.07, 6.45) is 5.15. The van der Waals surface area contributed by atoms with Gasteiger partial charge in [-0.25, -0.2) is 0 Å². The Balaban J connectivity index is 2.10. The van der Waals surface area contributed by atoms with Crippen molar-refractivity contribution in [2.75, 3.05) is 14.1 Å². The number of quaternary nitrogens is 1. The molecule has 1 aromatic carbocycles. The van der Waals surface area contributed by atoms with Crippen molar-refractivity contribution in [3.8, 4) is 0 Å². The lowest BCUT2D eigenvalue weighted by Gasteiger charge is -2.28. The maximum Gasteiger partial charge on any atom is 0.147 e. The molecule has 100 valence electrons. The summed E-state index contributed by atoms with van der Waals surface area (Å²) in [4.78, 5) is 6.15. The second kappa shape index (κ2) is 5.60. The van der Waals surface area contributed by atoms with Crippen molar-refractivity contribution in [3.05, 3.63) is 34.9 Å². The minimum Gasteiger partial charge on any atom is -0.199 e. The Kier molecular flexibility index (Phi) is 4.31. The Morgan fingerprint density at radius 3 is 2.56 bits per heavy atom. The minimum atomic E-state index is 0.389. The molecule has 18 heavy (non-hydrogen) atoms. The Labute approximate surface area is 115 Å². The average molecular weight is 269 g/mol. The first-order valence-electron chi connectivity index (χ1n) is 6.80. The Morgan fingerprint density at radius 1 is 1.28 bits per heavy atom. The molecular weight excluding hydrogens is 246 g/mol. The SMILES string of the molecule is CCCCC1CC(c2ccc(Cl)cc2)[N+](C)(C)O1. The van der Waals surface area contributed by atoms with E-state index in [1.807, 2.05) is 12.1 Å². The lowest BCUT2D eigenvalue weighted by Crippen LogP contribution is -2.37. The van der Waals surface area contributed by atoms with Gasteiger partial charge in [0.1, 0.15) is 12.1 Å². The number of nitrogens with zero attached hydrogens (tertiary/aromatic N) is 1. The van der Waals surface area contributed by atoms with Crippen molar-refractivity contribution in [1.82, 2.24) is 0 Å². The third-order valence-corrected chi connectivity index (χ3v) is 4.04. The maximum absolute atomic E-state index is 6.15. The van der Waals surface area contributed by atoms with Gasteiger partial charge < -0.3 is 0 Å². The van der Waals surface area contributed by atoms with E-state index in [2.05, 4.69) is 33.2 Å². The van der Waals surface area contributed by atoms with Crippen LogP contribution in [0.15, 0.2) is 24.3 Å². The highest BCUT2D eigenvalue weighted by Crippen LogP contribution is 2.39. The fourth-order valence-electron chi connectivity index (χ4n) is 2.79. The van der Waals surface area contributed by atoms with E-state index in [0.29, 0.717) is 16.8 Å². The van der Waals surface area contributed by atoms with Crippen molar-refractivity contribution in [1.29, 1.82) is 0 Å². The molecule has 0 aliphatic carbocycles. The van der Waals surface area contributed by atoms with Crippen molar-refractivity contribution >= 4 is 11.6 Å². The van der Waals surface area contributed by atoms with E-state index in [-0.39, 0.29) is 0 Å². The van der Waals surface area contributed by atoms with E-state index in [1.165, 1.54) is 24.8 Å². The van der Waals surface area contributed by atoms with Crippen LogP contribution in [-0.4, -0.2) is 24.8 Å². The van der Waals surface area contributed by atoms with Gasteiger partial charge in [0.05, 0.1) is 14.1 Å². The molecule has 0 bridgehead atoms. The van der Waals surface area contributed by atoms with Gasteiger partial charge >= 0.3 is 0 Å². The van der Waals surface area contributed by atoms with Crippen molar-refractivity contribution < 1.29 is 9.48 Å². The highest BCUT2D eigenvalue weighted by molar-refractivity contribution is 6.30. The molecule has 2 rings (SSSR count). The van der Waals surface area contributed by atoms with Crippen LogP contribution < -0.4 is 0 Å². The fourth-order valence-corrected chi connectivity index (χ4v) is 2.91. The molecule has 2 nitrogen and oxygen atoms in total. The van der Waals surface area contributed by atoms with Crippen LogP contribution in [0.25, 0.3) is 0 Å². The molecule has 1 aliphatic heterocycles. The first-order valence-corrected chi connectivity index (χ1v) is 7.18. The molecule has 0 aromatic heterocycles. The number of benzene rings is 1. The summed E-state index contributed by atoms with van der Waals surface area (Å²) >= 11 is 5.95. The van der Waals surface area contributed by atoms with Crippen LogP contribution in [0.5, 0.6) is 0 Å². The Morgan fingerprint density at radius 2 is 1.94 bits per heavy atom. The first-order chi connectivity index (χ1) is 8.53. The standard InChI is InChI=1S/C15H23ClNO/c1-4-5-6-14-11-15(17(2,3)18-14)12-7-9-13(16)10-8-12/h7-10,14-15H,4-6,11H2,1-3H3/q+1. The van der Waals surface area contributed by atoms with Crippen LogP contribution in [0.3, 0.4) is 0 Å². The summed E-state index contributed by atoms with van der Waals surface area (Å²) in [5, 5.41) is 0.797. The highest BCUT2D eigenvalue weighted by atomic mass is 35.5. The van der Waals surface area contributed by atoms with E-state index in [4.69, 9.17) is 16.4 Å². The van der Waals surface area contributed by atoms with Crippen LogP contribution in [0.4, 0.5) is 0 Å². The number of rotatable bonds is 4. The summed E-state index contributed by atoms with van der Waals surface area (Å²) < 4.78 is 0.621. The second-order valence-corrected chi connectivity index (χ2v) is 6.04. The number of hydrogen-bond donors (Lipinski definition) is 0. The molecular formula is C15H23ClNO+. The lowest BCUT2D eigenvalue weighted by atomic mass is 9.99. The van der Waals surface area contributed by atoms with Crippen LogP contribution in [0.2, 0.25) is 5.02 Å². The molecule has 0 amide bonds. The monoisotopic (exact) mass is 268 g/mol. The van der Waals surface area contributed by atoms with Crippen molar-refractivity contribution in [2.45, 2.75) is 44.8 Å². The number of halogens is 1. The summed E-state index contributed by atoms with van der Waals surface area (Å²) in [5.74, 6) is 0. The molecule has 3 heteroatoms. The van der Waals surface area contributed by atoms with Crippen molar-refractivity contribution in [3.63, 3.8) is 0 Å². The van der Waals surface area contributed by atoms with Crippen LogP contribution in [0.1, 0.15) is 44.2 Å². The van der Waals surface area contributed by atoms with Gasteiger partial charge in [0.25, 0.3) is 0 Å². The zero-order chi connectivity index (χ0) is 13.2. The third kappa shape index (κ3) is 3.05. The van der Waals surface area contributed by atoms with E-state index in [1.54, 1.807) is 0 Å². The van der Waals surface area contributed by atoms with Gasteiger partial charge in [0.2, 0.25) is 0 Å². The quantitative estimate of drug-likeness (QED) is 0.738. The molecule has 0 radical (unpaired) electrons. The molecule has 1 heterocycles. The van der Waals surface area contributed by atoms with E-state index < -0.39 is 0 Å². The normalized spacial score (nSPS) is 26.4. The van der Waals surface area contributed by atoms with Gasteiger partial charge in [-0.15, -0.1) is 0 Å². The highest BCUT2D eigenvalue weighted by Gasteiger charge is 2.43. The Hall–Kier alpha value is -0.570. The van der Waals surface area contributed by atoms with Crippen LogP contribution >= 0.6 is 11.6 Å². The molecule has 2 atom stereocenters. The first kappa shape index (κ1) is 13.9. The van der Waals surface area contributed by atoms with Gasteiger partial charge in [0, 0.05) is 17.0 Å². The molecule has 1 saturated heterocycles. The molecule has 1 aliphatic rings. The van der Waals surface area contributed by atoms with Gasteiger partial charge in [-0.05, 0) is 18.6 Å². The number of unbranched alkanes of at least 4 members (excludes halogenated alkanes) is 1. The van der Waals surface area contributed by atoms with Crippen LogP contribution in [-0.2, 0) is 4.84 Å². The summed E-state index contributed by atoms with van der Waals surface area (Å²) in [7, 11) is 4.29. The van der Waals surface area contributed by atoms with E-state index in [0.717, 1.165) is 11.4 Å². The predicted molar refractivity (Wildman–Crippen MR) is 75.3 cm³/mol. The smallest absolute Gasteiger partial charge is 0.147 e. The maximum atomic E-state index is 6.15. The predicted octanol–water partition coefficient (Wildman–Crippen LogP) is 4.35. The fraction of sp³-hybridized carbons (Fsp3) is 0.600.